The summed E-state index contributed by atoms with van der Waals surface area (Å²) in [6.45, 7) is 0.784. The number of aryl methyl sites for hydroxylation is 1. The molecule has 0 bridgehead atoms. The quantitative estimate of drug-likeness (QED) is 0.770. The Balaban J connectivity index is 1.90. The predicted molar refractivity (Wildman–Crippen MR) is 70.2 cm³/mol. The molecular weight excluding hydrogens is 232 g/mol. The average Bonchev–Trinajstić information content (AvgIpc) is 2.97. The fourth-order valence-corrected chi connectivity index (χ4v) is 2.44. The van der Waals surface area contributed by atoms with Crippen molar-refractivity contribution in [3.8, 4) is 0 Å². The summed E-state index contributed by atoms with van der Waals surface area (Å²) in [6, 6.07) is 4.08. The fraction of sp³-hybridized carbons (Fsp3) is 0.167. The van der Waals surface area contributed by atoms with E-state index in [-0.39, 0.29) is 0 Å². The summed E-state index contributed by atoms with van der Waals surface area (Å²) in [6.07, 6.45) is 3.61. The molecule has 0 fully saturated rings. The van der Waals surface area contributed by atoms with Gasteiger partial charge in [-0.3, -0.25) is 0 Å². The molecule has 17 heavy (non-hydrogen) atoms. The SMILES string of the molecule is Cn1cnc2c(NCc3ccsc3)nccc21. The van der Waals surface area contributed by atoms with Crippen LogP contribution in [0.5, 0.6) is 0 Å². The van der Waals surface area contributed by atoms with Gasteiger partial charge in [-0.05, 0) is 28.5 Å². The molecule has 0 aliphatic carbocycles. The van der Waals surface area contributed by atoms with Gasteiger partial charge in [0.1, 0.15) is 5.52 Å². The van der Waals surface area contributed by atoms with Crippen LogP contribution < -0.4 is 5.32 Å². The Kier molecular flexibility index (Phi) is 2.53. The van der Waals surface area contributed by atoms with E-state index < -0.39 is 0 Å². The zero-order valence-electron chi connectivity index (χ0n) is 9.42. The molecule has 0 saturated carbocycles. The van der Waals surface area contributed by atoms with Gasteiger partial charge in [0.2, 0.25) is 0 Å². The van der Waals surface area contributed by atoms with Crippen molar-refractivity contribution >= 4 is 28.2 Å². The number of hydrogen-bond donors (Lipinski definition) is 1. The van der Waals surface area contributed by atoms with E-state index in [2.05, 4.69) is 32.1 Å². The Bertz CT molecular complexity index is 627. The molecule has 1 N–H and O–H groups in total. The van der Waals surface area contributed by atoms with Gasteiger partial charge in [0.25, 0.3) is 0 Å². The summed E-state index contributed by atoms with van der Waals surface area (Å²) in [4.78, 5) is 8.69. The van der Waals surface area contributed by atoms with E-state index in [0.29, 0.717) is 0 Å². The standard InChI is InChI=1S/C12H12N4S/c1-16-8-15-11-10(16)2-4-13-12(11)14-6-9-3-5-17-7-9/h2-5,7-8H,6H2,1H3,(H,13,14). The van der Waals surface area contributed by atoms with Crippen LogP contribution in [-0.2, 0) is 13.6 Å². The van der Waals surface area contributed by atoms with Gasteiger partial charge in [0, 0.05) is 19.8 Å². The van der Waals surface area contributed by atoms with Crippen molar-refractivity contribution in [2.75, 3.05) is 5.32 Å². The second-order valence-corrected chi connectivity index (χ2v) is 4.65. The van der Waals surface area contributed by atoms with E-state index in [1.165, 1.54) is 5.56 Å². The summed E-state index contributed by atoms with van der Waals surface area (Å²) in [7, 11) is 1.98. The molecule has 5 heteroatoms. The van der Waals surface area contributed by atoms with Gasteiger partial charge in [0.05, 0.1) is 11.8 Å². The number of pyridine rings is 1. The molecule has 0 amide bonds. The predicted octanol–water partition coefficient (Wildman–Crippen LogP) is 2.64. The Labute approximate surface area is 103 Å². The Morgan fingerprint density at radius 3 is 3.12 bits per heavy atom. The largest absolute Gasteiger partial charge is 0.364 e. The number of aromatic nitrogens is 3. The van der Waals surface area contributed by atoms with Crippen LogP contribution in [0.1, 0.15) is 5.56 Å². The number of anilines is 1. The molecule has 0 spiro atoms. The van der Waals surface area contributed by atoms with Gasteiger partial charge < -0.3 is 9.88 Å². The number of nitrogens with zero attached hydrogens (tertiary/aromatic N) is 3. The molecule has 86 valence electrons. The molecule has 3 heterocycles. The van der Waals surface area contributed by atoms with E-state index in [4.69, 9.17) is 0 Å². The molecule has 0 saturated heterocycles. The lowest BCUT2D eigenvalue weighted by Crippen LogP contribution is -2.01. The minimum Gasteiger partial charge on any atom is -0.364 e. The average molecular weight is 244 g/mol. The maximum absolute atomic E-state index is 4.36. The van der Waals surface area contributed by atoms with E-state index in [9.17, 15) is 0 Å². The molecule has 3 aromatic rings. The van der Waals surface area contributed by atoms with Crippen LogP contribution in [0.2, 0.25) is 0 Å². The Hall–Kier alpha value is -1.88. The summed E-state index contributed by atoms with van der Waals surface area (Å²) in [5.74, 6) is 0.842. The molecule has 4 nitrogen and oxygen atoms in total. The lowest BCUT2D eigenvalue weighted by atomic mass is 10.3. The molecule has 0 aliphatic rings. The summed E-state index contributed by atoms with van der Waals surface area (Å²) >= 11 is 1.70. The van der Waals surface area contributed by atoms with Crippen LogP contribution in [0.25, 0.3) is 11.0 Å². The molecule has 0 unspecified atom stereocenters. The van der Waals surface area contributed by atoms with Crippen molar-refractivity contribution in [1.29, 1.82) is 0 Å². The third-order valence-electron chi connectivity index (χ3n) is 2.68. The zero-order valence-corrected chi connectivity index (χ0v) is 10.2. The molecule has 0 aromatic carbocycles. The molecule has 3 aromatic heterocycles. The first-order chi connectivity index (χ1) is 8.34. The minimum atomic E-state index is 0.784. The van der Waals surface area contributed by atoms with Gasteiger partial charge in [-0.15, -0.1) is 0 Å². The Morgan fingerprint density at radius 2 is 2.29 bits per heavy atom. The third-order valence-corrected chi connectivity index (χ3v) is 3.42. The van der Waals surface area contributed by atoms with Crippen molar-refractivity contribution in [3.05, 3.63) is 41.0 Å². The highest BCUT2D eigenvalue weighted by Crippen LogP contribution is 2.19. The second-order valence-electron chi connectivity index (χ2n) is 3.87. The number of imidazole rings is 1. The molecule has 0 atom stereocenters. The lowest BCUT2D eigenvalue weighted by Gasteiger charge is -2.04. The first-order valence-corrected chi connectivity index (χ1v) is 6.30. The van der Waals surface area contributed by atoms with Crippen LogP contribution >= 0.6 is 11.3 Å². The van der Waals surface area contributed by atoms with Gasteiger partial charge >= 0.3 is 0 Å². The van der Waals surface area contributed by atoms with E-state index in [1.54, 1.807) is 17.5 Å². The highest BCUT2D eigenvalue weighted by molar-refractivity contribution is 7.07. The van der Waals surface area contributed by atoms with Crippen LogP contribution in [0.4, 0.5) is 5.82 Å². The molecule has 0 aliphatic heterocycles. The Morgan fingerprint density at radius 1 is 1.35 bits per heavy atom. The number of fused-ring (bicyclic) bond motifs is 1. The lowest BCUT2D eigenvalue weighted by molar-refractivity contribution is 0.947. The van der Waals surface area contributed by atoms with Gasteiger partial charge in [-0.1, -0.05) is 0 Å². The third kappa shape index (κ3) is 1.89. The van der Waals surface area contributed by atoms with Gasteiger partial charge in [-0.25, -0.2) is 9.97 Å². The normalized spacial score (nSPS) is 10.9. The molecular formula is C12H12N4S. The van der Waals surface area contributed by atoms with Crippen LogP contribution in [0.3, 0.4) is 0 Å². The first kappa shape index (κ1) is 10.3. The number of rotatable bonds is 3. The zero-order chi connectivity index (χ0) is 11.7. The number of hydrogen-bond acceptors (Lipinski definition) is 4. The fourth-order valence-electron chi connectivity index (χ4n) is 1.77. The summed E-state index contributed by atoms with van der Waals surface area (Å²) in [5, 5.41) is 7.53. The van der Waals surface area contributed by atoms with E-state index >= 15 is 0 Å². The summed E-state index contributed by atoms with van der Waals surface area (Å²) in [5.41, 5.74) is 3.28. The van der Waals surface area contributed by atoms with Crippen molar-refractivity contribution < 1.29 is 0 Å². The van der Waals surface area contributed by atoms with E-state index in [1.807, 2.05) is 24.0 Å². The van der Waals surface area contributed by atoms with Crippen molar-refractivity contribution in [3.63, 3.8) is 0 Å². The van der Waals surface area contributed by atoms with Gasteiger partial charge in [-0.2, -0.15) is 11.3 Å². The van der Waals surface area contributed by atoms with Crippen molar-refractivity contribution in [1.82, 2.24) is 14.5 Å². The highest BCUT2D eigenvalue weighted by atomic mass is 32.1. The monoisotopic (exact) mass is 244 g/mol. The topological polar surface area (TPSA) is 42.7 Å². The highest BCUT2D eigenvalue weighted by Gasteiger charge is 2.06. The van der Waals surface area contributed by atoms with Crippen molar-refractivity contribution in [2.45, 2.75) is 6.54 Å². The molecule has 0 radical (unpaired) electrons. The van der Waals surface area contributed by atoms with E-state index in [0.717, 1.165) is 23.4 Å². The van der Waals surface area contributed by atoms with Crippen LogP contribution in [0, 0.1) is 0 Å². The first-order valence-electron chi connectivity index (χ1n) is 5.35. The van der Waals surface area contributed by atoms with Crippen LogP contribution in [-0.4, -0.2) is 14.5 Å². The van der Waals surface area contributed by atoms with Crippen molar-refractivity contribution in [2.24, 2.45) is 7.05 Å². The number of nitrogens with one attached hydrogen (secondary N) is 1. The smallest absolute Gasteiger partial charge is 0.154 e. The maximum atomic E-state index is 4.36. The number of thiophene rings is 1. The van der Waals surface area contributed by atoms with Gasteiger partial charge in [0.15, 0.2) is 5.82 Å². The minimum absolute atomic E-state index is 0.784. The maximum Gasteiger partial charge on any atom is 0.154 e. The summed E-state index contributed by atoms with van der Waals surface area (Å²) < 4.78 is 1.99. The second kappa shape index (κ2) is 4.18. The molecule has 3 rings (SSSR count). The van der Waals surface area contributed by atoms with Crippen LogP contribution in [0.15, 0.2) is 35.4 Å².